The predicted molar refractivity (Wildman–Crippen MR) is 71.6 cm³/mol. The standard InChI is InChI=1S/C10H14BrClN2.ClH/c11-8-6-7(3-4-9(8)12)10(14)2-1-5-13;/h3-4,6,10H,1-2,5,13-14H2;1H/t10-;/m0./s1. The maximum Gasteiger partial charge on any atom is 0.0548 e. The molecule has 0 aliphatic rings. The Morgan fingerprint density at radius 1 is 1.40 bits per heavy atom. The van der Waals surface area contributed by atoms with Crippen LogP contribution in [-0.4, -0.2) is 6.54 Å². The van der Waals surface area contributed by atoms with E-state index in [1.807, 2.05) is 18.2 Å². The molecule has 1 atom stereocenters. The summed E-state index contributed by atoms with van der Waals surface area (Å²) in [6, 6.07) is 5.81. The van der Waals surface area contributed by atoms with Gasteiger partial charge in [0.1, 0.15) is 0 Å². The van der Waals surface area contributed by atoms with Gasteiger partial charge in [-0.25, -0.2) is 0 Å². The number of hydrogen-bond acceptors (Lipinski definition) is 2. The third-order valence-corrected chi connectivity index (χ3v) is 3.31. The largest absolute Gasteiger partial charge is 0.330 e. The Balaban J connectivity index is 0.00000196. The summed E-state index contributed by atoms with van der Waals surface area (Å²) in [5.41, 5.74) is 12.5. The number of nitrogens with two attached hydrogens (primary N) is 2. The van der Waals surface area contributed by atoms with Crippen LogP contribution in [0.15, 0.2) is 22.7 Å². The van der Waals surface area contributed by atoms with E-state index in [0.717, 1.165) is 22.9 Å². The molecule has 0 aromatic heterocycles. The second kappa shape index (κ2) is 7.47. The van der Waals surface area contributed by atoms with Crippen molar-refractivity contribution in [3.8, 4) is 0 Å². The molecule has 2 nitrogen and oxygen atoms in total. The van der Waals surface area contributed by atoms with E-state index in [4.69, 9.17) is 23.1 Å². The lowest BCUT2D eigenvalue weighted by molar-refractivity contribution is 0.618. The van der Waals surface area contributed by atoms with Crippen LogP contribution in [0.1, 0.15) is 24.4 Å². The fourth-order valence-corrected chi connectivity index (χ4v) is 1.76. The third-order valence-electron chi connectivity index (χ3n) is 2.09. The molecule has 86 valence electrons. The Bertz CT molecular complexity index is 307. The molecule has 5 heteroatoms. The number of benzene rings is 1. The molecular weight excluding hydrogens is 299 g/mol. The molecule has 1 rings (SSSR count). The molecule has 0 heterocycles. The van der Waals surface area contributed by atoms with Crippen LogP contribution < -0.4 is 11.5 Å². The summed E-state index contributed by atoms with van der Waals surface area (Å²) < 4.78 is 0.889. The highest BCUT2D eigenvalue weighted by atomic mass is 79.9. The van der Waals surface area contributed by atoms with Gasteiger partial charge in [0.25, 0.3) is 0 Å². The second-order valence-electron chi connectivity index (χ2n) is 3.21. The number of hydrogen-bond donors (Lipinski definition) is 2. The molecule has 0 aliphatic carbocycles. The van der Waals surface area contributed by atoms with Crippen molar-refractivity contribution >= 4 is 39.9 Å². The van der Waals surface area contributed by atoms with E-state index < -0.39 is 0 Å². The van der Waals surface area contributed by atoms with Crippen LogP contribution in [0.2, 0.25) is 5.02 Å². The van der Waals surface area contributed by atoms with Crippen molar-refractivity contribution < 1.29 is 0 Å². The summed E-state index contributed by atoms with van der Waals surface area (Å²) in [5, 5.41) is 0.708. The van der Waals surface area contributed by atoms with Crippen molar-refractivity contribution in [2.45, 2.75) is 18.9 Å². The topological polar surface area (TPSA) is 52.0 Å². The van der Waals surface area contributed by atoms with Gasteiger partial charge in [-0.05, 0) is 53.0 Å². The van der Waals surface area contributed by atoms with Crippen molar-refractivity contribution in [2.24, 2.45) is 11.5 Å². The van der Waals surface area contributed by atoms with E-state index in [1.54, 1.807) is 0 Å². The molecule has 0 aliphatic heterocycles. The Morgan fingerprint density at radius 2 is 2.07 bits per heavy atom. The zero-order valence-electron chi connectivity index (χ0n) is 8.25. The van der Waals surface area contributed by atoms with Gasteiger partial charge in [0, 0.05) is 10.5 Å². The highest BCUT2D eigenvalue weighted by molar-refractivity contribution is 9.10. The monoisotopic (exact) mass is 312 g/mol. The lowest BCUT2D eigenvalue weighted by Crippen LogP contribution is -2.12. The molecular formula is C10H15BrCl2N2. The lowest BCUT2D eigenvalue weighted by atomic mass is 10.0. The van der Waals surface area contributed by atoms with Crippen LogP contribution in [-0.2, 0) is 0 Å². The van der Waals surface area contributed by atoms with E-state index in [9.17, 15) is 0 Å². The first-order valence-corrected chi connectivity index (χ1v) is 5.73. The third kappa shape index (κ3) is 4.70. The second-order valence-corrected chi connectivity index (χ2v) is 4.47. The van der Waals surface area contributed by atoms with E-state index in [0.29, 0.717) is 11.6 Å². The fraction of sp³-hybridized carbons (Fsp3) is 0.400. The smallest absolute Gasteiger partial charge is 0.0548 e. The normalized spacial score (nSPS) is 12.0. The summed E-state index contributed by atoms with van der Waals surface area (Å²) in [7, 11) is 0. The number of halogens is 3. The minimum Gasteiger partial charge on any atom is -0.330 e. The van der Waals surface area contributed by atoms with E-state index in [-0.39, 0.29) is 18.4 Å². The fourth-order valence-electron chi connectivity index (χ4n) is 1.25. The first-order valence-electron chi connectivity index (χ1n) is 4.55. The van der Waals surface area contributed by atoms with Gasteiger partial charge in [-0.15, -0.1) is 12.4 Å². The SMILES string of the molecule is Cl.NCCC[C@H](N)c1ccc(Cl)c(Br)c1. The Morgan fingerprint density at radius 3 is 2.60 bits per heavy atom. The first kappa shape index (κ1) is 15.2. The molecule has 4 N–H and O–H groups in total. The van der Waals surface area contributed by atoms with Gasteiger partial charge < -0.3 is 11.5 Å². The molecule has 0 amide bonds. The van der Waals surface area contributed by atoms with E-state index in [2.05, 4.69) is 15.9 Å². The molecule has 0 spiro atoms. The molecule has 0 fully saturated rings. The molecule has 0 saturated heterocycles. The zero-order valence-corrected chi connectivity index (χ0v) is 11.4. The van der Waals surface area contributed by atoms with Crippen LogP contribution in [0.3, 0.4) is 0 Å². The molecule has 1 aromatic rings. The van der Waals surface area contributed by atoms with Gasteiger partial charge in [0.2, 0.25) is 0 Å². The molecule has 0 radical (unpaired) electrons. The van der Waals surface area contributed by atoms with Crippen molar-refractivity contribution in [1.82, 2.24) is 0 Å². The summed E-state index contributed by atoms with van der Waals surface area (Å²) in [6.45, 7) is 0.683. The van der Waals surface area contributed by atoms with Crippen LogP contribution in [0, 0.1) is 0 Å². The highest BCUT2D eigenvalue weighted by Gasteiger charge is 2.06. The van der Waals surface area contributed by atoms with Crippen molar-refractivity contribution in [2.75, 3.05) is 6.54 Å². The van der Waals surface area contributed by atoms with Crippen LogP contribution in [0.5, 0.6) is 0 Å². The van der Waals surface area contributed by atoms with Gasteiger partial charge in [-0.3, -0.25) is 0 Å². The Kier molecular flexibility index (Phi) is 7.57. The van der Waals surface area contributed by atoms with E-state index in [1.165, 1.54) is 0 Å². The van der Waals surface area contributed by atoms with Gasteiger partial charge in [-0.1, -0.05) is 17.7 Å². The summed E-state index contributed by atoms with van der Waals surface area (Å²) in [6.07, 6.45) is 1.85. The molecule has 0 unspecified atom stereocenters. The van der Waals surface area contributed by atoms with Crippen molar-refractivity contribution in [3.63, 3.8) is 0 Å². The zero-order chi connectivity index (χ0) is 10.6. The Labute approximate surface area is 110 Å². The van der Waals surface area contributed by atoms with Crippen LogP contribution >= 0.6 is 39.9 Å². The molecule has 0 saturated carbocycles. The average Bonchev–Trinajstić information content (AvgIpc) is 2.18. The highest BCUT2D eigenvalue weighted by Crippen LogP contribution is 2.26. The van der Waals surface area contributed by atoms with Gasteiger partial charge >= 0.3 is 0 Å². The summed E-state index contributed by atoms with van der Waals surface area (Å²) >= 11 is 9.25. The molecule has 15 heavy (non-hydrogen) atoms. The van der Waals surface area contributed by atoms with Crippen molar-refractivity contribution in [3.05, 3.63) is 33.3 Å². The maximum absolute atomic E-state index is 5.98. The maximum atomic E-state index is 5.98. The van der Waals surface area contributed by atoms with Gasteiger partial charge in [-0.2, -0.15) is 0 Å². The predicted octanol–water partition coefficient (Wildman–Crippen LogP) is 3.26. The van der Waals surface area contributed by atoms with Crippen LogP contribution in [0.25, 0.3) is 0 Å². The van der Waals surface area contributed by atoms with E-state index >= 15 is 0 Å². The summed E-state index contributed by atoms with van der Waals surface area (Å²) in [4.78, 5) is 0. The minimum atomic E-state index is 0. The average molecular weight is 314 g/mol. The number of rotatable bonds is 4. The molecule has 0 bridgehead atoms. The lowest BCUT2D eigenvalue weighted by Gasteiger charge is -2.11. The first-order chi connectivity index (χ1) is 6.65. The Hall–Kier alpha value is 0.200. The van der Waals surface area contributed by atoms with Crippen LogP contribution in [0.4, 0.5) is 0 Å². The van der Waals surface area contributed by atoms with Gasteiger partial charge in [0.05, 0.1) is 5.02 Å². The van der Waals surface area contributed by atoms with Gasteiger partial charge in [0.15, 0.2) is 0 Å². The summed E-state index contributed by atoms with van der Waals surface area (Å²) in [5.74, 6) is 0. The van der Waals surface area contributed by atoms with Crippen molar-refractivity contribution in [1.29, 1.82) is 0 Å². The molecule has 1 aromatic carbocycles. The quantitative estimate of drug-likeness (QED) is 0.896. The minimum absolute atomic E-state index is 0.